The van der Waals surface area contributed by atoms with Gasteiger partial charge in [-0.15, -0.1) is 0 Å². The molecule has 1 aliphatic rings. The van der Waals surface area contributed by atoms with Crippen LogP contribution in [0.4, 0.5) is 0 Å². The van der Waals surface area contributed by atoms with Gasteiger partial charge in [0.1, 0.15) is 24.9 Å². The molecule has 6 unspecified atom stereocenters. The lowest BCUT2D eigenvalue weighted by Gasteiger charge is -2.42. The molecule has 0 spiro atoms. The molecule has 0 aromatic heterocycles. The minimum absolute atomic E-state index is 0.350. The summed E-state index contributed by atoms with van der Waals surface area (Å²) in [5.41, 5.74) is -0.501. The number of carbonyl (C=O) groups is 2. The van der Waals surface area contributed by atoms with Gasteiger partial charge in [0.25, 0.3) is 0 Å². The van der Waals surface area contributed by atoms with E-state index in [0.717, 1.165) is 24.3 Å². The maximum atomic E-state index is 12.9. The number of aromatic hydroxyl groups is 6. The van der Waals surface area contributed by atoms with Gasteiger partial charge in [-0.05, 0) is 29.8 Å². The van der Waals surface area contributed by atoms with Crippen molar-refractivity contribution in [3.8, 4) is 40.6 Å². The highest BCUT2D eigenvalue weighted by Gasteiger charge is 2.49. The number of benzene rings is 3. The Morgan fingerprint density at radius 3 is 1.84 bits per heavy atom. The molecule has 0 amide bonds. The molecule has 8 N–H and O–H groups in total. The van der Waals surface area contributed by atoms with Gasteiger partial charge in [-0.25, -0.2) is 9.59 Å². The fourth-order valence-corrected chi connectivity index (χ4v) is 4.10. The van der Waals surface area contributed by atoms with E-state index in [0.29, 0.717) is 5.56 Å². The molecule has 226 valence electrons. The SMILES string of the molecule is N#CC(OC1OC(COC(=O)c2cc(O)c(O)c(O)c2)C(O)C(O)C1OC(=O)c1cc(O)c(O)c(O)c1)c1ccccc1. The zero-order chi connectivity index (χ0) is 31.4. The highest BCUT2D eigenvalue weighted by atomic mass is 16.7. The maximum Gasteiger partial charge on any atom is 0.338 e. The quantitative estimate of drug-likeness (QED) is 0.133. The molecule has 6 atom stereocenters. The number of rotatable bonds is 8. The molecule has 3 aromatic rings. The van der Waals surface area contributed by atoms with E-state index < -0.39 is 95.4 Å². The lowest BCUT2D eigenvalue weighted by atomic mass is 9.98. The van der Waals surface area contributed by atoms with E-state index in [9.17, 15) is 55.7 Å². The van der Waals surface area contributed by atoms with Gasteiger partial charge in [0.05, 0.1) is 17.2 Å². The summed E-state index contributed by atoms with van der Waals surface area (Å²) in [5.74, 6) is -7.49. The molecule has 15 heteroatoms. The van der Waals surface area contributed by atoms with Crippen LogP contribution in [0.1, 0.15) is 32.4 Å². The van der Waals surface area contributed by atoms with Gasteiger partial charge in [0.2, 0.25) is 0 Å². The Morgan fingerprint density at radius 1 is 0.814 bits per heavy atom. The van der Waals surface area contributed by atoms with Gasteiger partial charge in [-0.2, -0.15) is 5.26 Å². The van der Waals surface area contributed by atoms with Crippen LogP contribution in [-0.4, -0.2) is 90.1 Å². The molecule has 1 heterocycles. The Morgan fingerprint density at radius 2 is 1.33 bits per heavy atom. The van der Waals surface area contributed by atoms with Crippen LogP contribution in [0.5, 0.6) is 34.5 Å². The second-order valence-corrected chi connectivity index (χ2v) is 9.27. The van der Waals surface area contributed by atoms with Crippen LogP contribution < -0.4 is 0 Å². The van der Waals surface area contributed by atoms with Gasteiger partial charge in [0.15, 0.2) is 53.0 Å². The number of phenols is 6. The number of ether oxygens (including phenoxy) is 4. The summed E-state index contributed by atoms with van der Waals surface area (Å²) in [4.78, 5) is 25.4. The van der Waals surface area contributed by atoms with E-state index in [2.05, 4.69) is 0 Å². The minimum Gasteiger partial charge on any atom is -0.504 e. The third-order valence-electron chi connectivity index (χ3n) is 6.37. The van der Waals surface area contributed by atoms with Crippen LogP contribution >= 0.6 is 0 Å². The molecule has 0 saturated carbocycles. The average Bonchev–Trinajstić information content (AvgIpc) is 2.99. The number of aliphatic hydroxyl groups excluding tert-OH is 2. The van der Waals surface area contributed by atoms with Crippen molar-refractivity contribution in [2.75, 3.05) is 6.61 Å². The lowest BCUT2D eigenvalue weighted by molar-refractivity contribution is -0.306. The number of hydrogen-bond acceptors (Lipinski definition) is 15. The fourth-order valence-electron chi connectivity index (χ4n) is 4.10. The molecule has 43 heavy (non-hydrogen) atoms. The number of phenolic OH excluding ortho intramolecular Hbond substituents is 6. The molecule has 1 fully saturated rings. The van der Waals surface area contributed by atoms with Gasteiger partial charge in [0, 0.05) is 0 Å². The molecule has 3 aromatic carbocycles. The predicted molar refractivity (Wildman–Crippen MR) is 139 cm³/mol. The molecule has 0 aliphatic carbocycles. The summed E-state index contributed by atoms with van der Waals surface area (Å²) in [5, 5.41) is 89.2. The minimum atomic E-state index is -1.97. The van der Waals surface area contributed by atoms with Gasteiger partial charge < -0.3 is 59.8 Å². The van der Waals surface area contributed by atoms with E-state index in [-0.39, 0.29) is 5.56 Å². The predicted octanol–water partition coefficient (Wildman–Crippen LogP) is 1.03. The molecule has 0 bridgehead atoms. The summed E-state index contributed by atoms with van der Waals surface area (Å²) in [6, 6.07) is 13.0. The van der Waals surface area contributed by atoms with Crippen LogP contribution in [0, 0.1) is 11.3 Å². The average molecular weight is 600 g/mol. The zero-order valence-electron chi connectivity index (χ0n) is 21.8. The highest BCUT2D eigenvalue weighted by molar-refractivity contribution is 5.91. The van der Waals surface area contributed by atoms with Crippen LogP contribution in [-0.2, 0) is 18.9 Å². The molecule has 15 nitrogen and oxygen atoms in total. The van der Waals surface area contributed by atoms with Crippen molar-refractivity contribution in [1.29, 1.82) is 5.26 Å². The first-order valence-corrected chi connectivity index (χ1v) is 12.4. The summed E-state index contributed by atoms with van der Waals surface area (Å²) in [6.07, 6.45) is -10.3. The van der Waals surface area contributed by atoms with Gasteiger partial charge in [-0.1, -0.05) is 30.3 Å². The summed E-state index contributed by atoms with van der Waals surface area (Å²) in [6.45, 7) is -0.748. The first kappa shape index (κ1) is 30.7. The Balaban J connectivity index is 1.57. The maximum absolute atomic E-state index is 12.9. The van der Waals surface area contributed by atoms with Crippen molar-refractivity contribution in [3.05, 3.63) is 71.3 Å². The Bertz CT molecular complexity index is 1490. The summed E-state index contributed by atoms with van der Waals surface area (Å²) >= 11 is 0. The number of aliphatic hydroxyl groups is 2. The first-order valence-electron chi connectivity index (χ1n) is 12.4. The number of nitrogens with zero attached hydrogens (tertiary/aromatic N) is 1. The normalized spacial score (nSPS) is 22.2. The number of esters is 2. The van der Waals surface area contributed by atoms with Crippen LogP contribution in [0.3, 0.4) is 0 Å². The van der Waals surface area contributed by atoms with E-state index in [4.69, 9.17) is 18.9 Å². The van der Waals surface area contributed by atoms with Crippen molar-refractivity contribution in [1.82, 2.24) is 0 Å². The lowest BCUT2D eigenvalue weighted by Crippen LogP contribution is -2.60. The monoisotopic (exact) mass is 599 g/mol. The van der Waals surface area contributed by atoms with Crippen molar-refractivity contribution in [3.63, 3.8) is 0 Å². The van der Waals surface area contributed by atoms with E-state index in [1.54, 1.807) is 30.3 Å². The van der Waals surface area contributed by atoms with E-state index >= 15 is 0 Å². The highest BCUT2D eigenvalue weighted by Crippen LogP contribution is 2.37. The van der Waals surface area contributed by atoms with Crippen LogP contribution in [0.25, 0.3) is 0 Å². The topological polar surface area (TPSA) is 257 Å². The van der Waals surface area contributed by atoms with E-state index in [1.807, 2.05) is 6.07 Å². The number of hydrogen-bond donors (Lipinski definition) is 8. The van der Waals surface area contributed by atoms with E-state index in [1.165, 1.54) is 0 Å². The molecule has 1 aliphatic heterocycles. The van der Waals surface area contributed by atoms with Crippen molar-refractivity contribution in [2.45, 2.75) is 36.8 Å². The molecular formula is C28H25NO14. The molecular weight excluding hydrogens is 574 g/mol. The molecule has 1 saturated heterocycles. The summed E-state index contributed by atoms with van der Waals surface area (Å²) in [7, 11) is 0. The smallest absolute Gasteiger partial charge is 0.338 e. The van der Waals surface area contributed by atoms with Crippen LogP contribution in [0.15, 0.2) is 54.6 Å². The third-order valence-corrected chi connectivity index (χ3v) is 6.37. The zero-order valence-corrected chi connectivity index (χ0v) is 21.8. The third kappa shape index (κ3) is 6.63. The number of nitriles is 1. The summed E-state index contributed by atoms with van der Waals surface area (Å²) < 4.78 is 21.8. The molecule has 0 radical (unpaired) electrons. The van der Waals surface area contributed by atoms with Crippen molar-refractivity contribution < 1.29 is 69.4 Å². The largest absolute Gasteiger partial charge is 0.504 e. The number of carbonyl (C=O) groups excluding carboxylic acids is 2. The van der Waals surface area contributed by atoms with Gasteiger partial charge >= 0.3 is 11.9 Å². The Hall–Kier alpha value is -5.27. The standard InChI is InChI=1S/C28H25NO14/c29-10-19(12-4-2-1-3-5-12)41-28-25(43-27(39)14-8-17(32)22(35)18(33)9-14)24(37)23(36)20(42-28)11-40-26(38)13-6-15(30)21(34)16(31)7-13/h1-9,19-20,23-25,28,30-37H,11H2. The fraction of sp³-hybridized carbons (Fsp3) is 0.250. The Kier molecular flexibility index (Phi) is 9.07. The molecule has 4 rings (SSSR count). The van der Waals surface area contributed by atoms with Crippen molar-refractivity contribution >= 4 is 11.9 Å². The Labute approximate surface area is 242 Å². The van der Waals surface area contributed by atoms with Gasteiger partial charge in [-0.3, -0.25) is 0 Å². The van der Waals surface area contributed by atoms with Crippen LogP contribution in [0.2, 0.25) is 0 Å². The first-order chi connectivity index (χ1) is 20.4. The second kappa shape index (κ2) is 12.7. The second-order valence-electron chi connectivity index (χ2n) is 9.27. The van der Waals surface area contributed by atoms with Crippen molar-refractivity contribution in [2.24, 2.45) is 0 Å².